The first-order valence-corrected chi connectivity index (χ1v) is 6.41. The van der Waals surface area contributed by atoms with Crippen molar-refractivity contribution in [1.82, 2.24) is 9.78 Å². The Kier molecular flexibility index (Phi) is 4.41. The molecule has 2 rings (SSSR count). The van der Waals surface area contributed by atoms with Crippen molar-refractivity contribution in [3.63, 3.8) is 0 Å². The van der Waals surface area contributed by atoms with E-state index in [1.54, 1.807) is 0 Å². The molecule has 0 bridgehead atoms. The van der Waals surface area contributed by atoms with Crippen LogP contribution in [0.25, 0.3) is 0 Å². The summed E-state index contributed by atoms with van der Waals surface area (Å²) in [7, 11) is 1.53. The van der Waals surface area contributed by atoms with Crippen LogP contribution >= 0.6 is 11.6 Å². The van der Waals surface area contributed by atoms with Crippen LogP contribution in [0.3, 0.4) is 0 Å². The number of alkyl halides is 3. The van der Waals surface area contributed by atoms with Gasteiger partial charge < -0.3 is 5.32 Å². The predicted molar refractivity (Wildman–Crippen MR) is 73.6 cm³/mol. The van der Waals surface area contributed by atoms with Gasteiger partial charge in [0, 0.05) is 12.6 Å². The van der Waals surface area contributed by atoms with Crippen molar-refractivity contribution >= 4 is 17.3 Å². The van der Waals surface area contributed by atoms with Crippen LogP contribution in [0.15, 0.2) is 29.2 Å². The highest BCUT2D eigenvalue weighted by Crippen LogP contribution is 2.32. The number of aromatic nitrogens is 2. The number of benzene rings is 1. The number of anilines is 1. The minimum Gasteiger partial charge on any atom is -0.385 e. The van der Waals surface area contributed by atoms with Crippen molar-refractivity contribution in [3.05, 3.63) is 56.7 Å². The van der Waals surface area contributed by atoms with Gasteiger partial charge >= 0.3 is 6.18 Å². The quantitative estimate of drug-likeness (QED) is 0.877. The maximum absolute atomic E-state index is 13.9. The summed E-state index contributed by atoms with van der Waals surface area (Å²) >= 11 is 5.80. The standard InChI is InChI=1S/C13H10ClF4N3O/c1-19-9-5-20-21(12(22)10(9)14)6-7-3-2-4-8(11(7)15)13(16,17)18/h2-5,19H,6H2,1H3. The Morgan fingerprint density at radius 3 is 2.64 bits per heavy atom. The van der Waals surface area contributed by atoms with E-state index in [1.807, 2.05) is 0 Å². The van der Waals surface area contributed by atoms with Gasteiger partial charge in [-0.3, -0.25) is 4.79 Å². The molecule has 1 heterocycles. The summed E-state index contributed by atoms with van der Waals surface area (Å²) in [6, 6.07) is 2.85. The molecule has 0 radical (unpaired) electrons. The second kappa shape index (κ2) is 5.96. The summed E-state index contributed by atoms with van der Waals surface area (Å²) < 4.78 is 52.7. The second-order valence-corrected chi connectivity index (χ2v) is 4.74. The molecule has 0 saturated heterocycles. The zero-order valence-electron chi connectivity index (χ0n) is 11.2. The van der Waals surface area contributed by atoms with Gasteiger partial charge in [-0.25, -0.2) is 9.07 Å². The van der Waals surface area contributed by atoms with Crippen LogP contribution < -0.4 is 10.9 Å². The Morgan fingerprint density at radius 1 is 1.36 bits per heavy atom. The molecule has 2 aromatic rings. The van der Waals surface area contributed by atoms with Crippen molar-refractivity contribution in [1.29, 1.82) is 0 Å². The van der Waals surface area contributed by atoms with Gasteiger partial charge in [-0.15, -0.1) is 0 Å². The minimum absolute atomic E-state index is 0.176. The van der Waals surface area contributed by atoms with Crippen LogP contribution in [0.5, 0.6) is 0 Å². The van der Waals surface area contributed by atoms with E-state index in [4.69, 9.17) is 11.6 Å². The Morgan fingerprint density at radius 2 is 2.05 bits per heavy atom. The number of halogens is 5. The summed E-state index contributed by atoms with van der Waals surface area (Å²) in [4.78, 5) is 11.9. The fraction of sp³-hybridized carbons (Fsp3) is 0.231. The topological polar surface area (TPSA) is 46.9 Å². The average Bonchev–Trinajstić information content (AvgIpc) is 2.45. The van der Waals surface area contributed by atoms with Crippen molar-refractivity contribution in [2.24, 2.45) is 0 Å². The van der Waals surface area contributed by atoms with E-state index in [9.17, 15) is 22.4 Å². The normalized spacial score (nSPS) is 11.5. The summed E-state index contributed by atoms with van der Waals surface area (Å²) in [6.45, 7) is -0.460. The lowest BCUT2D eigenvalue weighted by molar-refractivity contribution is -0.140. The Balaban J connectivity index is 2.45. The van der Waals surface area contributed by atoms with Crippen LogP contribution in [0.2, 0.25) is 5.02 Å². The molecular formula is C13H10ClF4N3O. The van der Waals surface area contributed by atoms with E-state index >= 15 is 0 Å². The molecule has 22 heavy (non-hydrogen) atoms. The zero-order valence-corrected chi connectivity index (χ0v) is 12.0. The van der Waals surface area contributed by atoms with Crippen LogP contribution in [0, 0.1) is 5.82 Å². The molecule has 0 fully saturated rings. The number of hydrogen-bond donors (Lipinski definition) is 1. The van der Waals surface area contributed by atoms with Crippen molar-refractivity contribution in [3.8, 4) is 0 Å². The van der Waals surface area contributed by atoms with Crippen LogP contribution in [-0.2, 0) is 12.7 Å². The van der Waals surface area contributed by atoms with Crippen molar-refractivity contribution in [2.75, 3.05) is 12.4 Å². The van der Waals surface area contributed by atoms with Crippen LogP contribution in [-0.4, -0.2) is 16.8 Å². The number of nitrogens with zero attached hydrogens (tertiary/aromatic N) is 2. The maximum atomic E-state index is 13.9. The molecule has 1 aromatic carbocycles. The molecule has 0 atom stereocenters. The third-order valence-electron chi connectivity index (χ3n) is 2.96. The molecule has 4 nitrogen and oxygen atoms in total. The fourth-order valence-electron chi connectivity index (χ4n) is 1.83. The molecular weight excluding hydrogens is 326 g/mol. The lowest BCUT2D eigenvalue weighted by atomic mass is 10.1. The first-order chi connectivity index (χ1) is 10.3. The number of rotatable bonds is 3. The highest BCUT2D eigenvalue weighted by atomic mass is 35.5. The fourth-order valence-corrected chi connectivity index (χ4v) is 2.08. The first-order valence-electron chi connectivity index (χ1n) is 6.03. The Bertz CT molecular complexity index is 758. The average molecular weight is 336 g/mol. The highest BCUT2D eigenvalue weighted by Gasteiger charge is 2.34. The van der Waals surface area contributed by atoms with E-state index in [0.717, 1.165) is 16.8 Å². The highest BCUT2D eigenvalue weighted by molar-refractivity contribution is 6.32. The largest absolute Gasteiger partial charge is 0.419 e. The minimum atomic E-state index is -4.81. The van der Waals surface area contributed by atoms with Gasteiger partial charge in [0.2, 0.25) is 0 Å². The second-order valence-electron chi connectivity index (χ2n) is 4.36. The molecule has 1 aromatic heterocycles. The number of hydrogen-bond acceptors (Lipinski definition) is 3. The van der Waals surface area contributed by atoms with Gasteiger partial charge in [0.25, 0.3) is 5.56 Å². The molecule has 0 aliphatic rings. The third kappa shape index (κ3) is 3.06. The molecule has 0 unspecified atom stereocenters. The van der Waals surface area contributed by atoms with E-state index in [1.165, 1.54) is 13.2 Å². The maximum Gasteiger partial charge on any atom is 0.419 e. The van der Waals surface area contributed by atoms with Crippen molar-refractivity contribution in [2.45, 2.75) is 12.7 Å². The van der Waals surface area contributed by atoms with Gasteiger partial charge in [-0.05, 0) is 6.07 Å². The van der Waals surface area contributed by atoms with E-state index in [2.05, 4.69) is 10.4 Å². The molecule has 0 saturated carbocycles. The van der Waals surface area contributed by atoms with Crippen LogP contribution in [0.4, 0.5) is 23.2 Å². The molecule has 9 heteroatoms. The van der Waals surface area contributed by atoms with Crippen molar-refractivity contribution < 1.29 is 17.6 Å². The van der Waals surface area contributed by atoms with Gasteiger partial charge in [-0.1, -0.05) is 23.7 Å². The van der Waals surface area contributed by atoms with Gasteiger partial charge in [-0.2, -0.15) is 18.3 Å². The Labute approximate surface area is 127 Å². The van der Waals surface area contributed by atoms with E-state index in [-0.39, 0.29) is 16.3 Å². The first kappa shape index (κ1) is 16.3. The monoisotopic (exact) mass is 335 g/mol. The summed E-state index contributed by atoms with van der Waals surface area (Å²) in [6.07, 6.45) is -3.58. The smallest absolute Gasteiger partial charge is 0.385 e. The van der Waals surface area contributed by atoms with E-state index in [0.29, 0.717) is 6.07 Å². The van der Waals surface area contributed by atoms with E-state index < -0.39 is 29.7 Å². The zero-order chi connectivity index (χ0) is 16.5. The molecule has 0 aliphatic carbocycles. The summed E-state index contributed by atoms with van der Waals surface area (Å²) in [5, 5.41) is 6.21. The summed E-state index contributed by atoms with van der Waals surface area (Å²) in [5.41, 5.74) is -2.16. The third-order valence-corrected chi connectivity index (χ3v) is 3.32. The molecule has 0 aliphatic heterocycles. The molecule has 1 N–H and O–H groups in total. The molecule has 0 amide bonds. The van der Waals surface area contributed by atoms with Gasteiger partial charge in [0.1, 0.15) is 10.8 Å². The van der Waals surface area contributed by atoms with Crippen LogP contribution in [0.1, 0.15) is 11.1 Å². The lowest BCUT2D eigenvalue weighted by Gasteiger charge is -2.12. The van der Waals surface area contributed by atoms with Gasteiger partial charge in [0.15, 0.2) is 0 Å². The molecule has 118 valence electrons. The van der Waals surface area contributed by atoms with Gasteiger partial charge in [0.05, 0.1) is 24.0 Å². The Hall–Kier alpha value is -2.09. The predicted octanol–water partition coefficient (Wildman–Crippen LogP) is 3.14. The SMILES string of the molecule is CNc1cnn(Cc2cccc(C(F)(F)F)c2F)c(=O)c1Cl. The summed E-state index contributed by atoms with van der Waals surface area (Å²) in [5.74, 6) is -1.43. The number of nitrogens with one attached hydrogen (secondary N) is 1. The molecule has 0 spiro atoms. The lowest BCUT2D eigenvalue weighted by Crippen LogP contribution is -2.25.